The highest BCUT2D eigenvalue weighted by molar-refractivity contribution is 7.89. The van der Waals surface area contributed by atoms with Gasteiger partial charge in [0.15, 0.2) is 5.03 Å². The van der Waals surface area contributed by atoms with Crippen LogP contribution in [-0.4, -0.2) is 13.4 Å². The van der Waals surface area contributed by atoms with E-state index in [1.807, 2.05) is 4.98 Å². The van der Waals surface area contributed by atoms with Gasteiger partial charge in [0.2, 0.25) is 5.43 Å². The molecule has 0 aliphatic rings. The standard InChI is InChI=1S/C6H5ClF2N2O3S/c7-3-4(12)2(5(8)9)1-11-6(3)15(10,13)14/h1,5H,(H,11,12)(H2,10,13,14). The van der Waals surface area contributed by atoms with Gasteiger partial charge in [-0.25, -0.2) is 22.3 Å². The number of alkyl halides is 2. The van der Waals surface area contributed by atoms with Gasteiger partial charge >= 0.3 is 0 Å². The minimum Gasteiger partial charge on any atom is -0.349 e. The van der Waals surface area contributed by atoms with Gasteiger partial charge in [-0.2, -0.15) is 0 Å². The lowest BCUT2D eigenvalue weighted by molar-refractivity contribution is 0.149. The Morgan fingerprint density at radius 1 is 1.47 bits per heavy atom. The number of aromatic amines is 1. The molecular formula is C6H5ClF2N2O3S. The number of nitrogens with two attached hydrogens (primary N) is 1. The number of halogens is 3. The summed E-state index contributed by atoms with van der Waals surface area (Å²) in [5.41, 5.74) is -2.16. The van der Waals surface area contributed by atoms with Gasteiger partial charge < -0.3 is 4.98 Å². The Labute approximate surface area is 87.9 Å². The summed E-state index contributed by atoms with van der Waals surface area (Å²) in [5, 5.41) is 3.04. The molecule has 9 heteroatoms. The molecule has 0 fully saturated rings. The average Bonchev–Trinajstić information content (AvgIpc) is 2.06. The van der Waals surface area contributed by atoms with Crippen molar-refractivity contribution < 1.29 is 17.2 Å². The molecule has 0 aliphatic heterocycles. The first-order valence-electron chi connectivity index (χ1n) is 3.47. The Morgan fingerprint density at radius 2 is 2.00 bits per heavy atom. The van der Waals surface area contributed by atoms with Gasteiger partial charge in [0.05, 0.1) is 5.56 Å². The zero-order valence-corrected chi connectivity index (χ0v) is 8.57. The number of hydrogen-bond acceptors (Lipinski definition) is 3. The molecule has 0 atom stereocenters. The van der Waals surface area contributed by atoms with Gasteiger partial charge in [0.1, 0.15) is 5.02 Å². The molecule has 0 amide bonds. The van der Waals surface area contributed by atoms with Gasteiger partial charge in [-0.05, 0) is 0 Å². The first-order valence-corrected chi connectivity index (χ1v) is 5.39. The van der Waals surface area contributed by atoms with E-state index in [1.165, 1.54) is 0 Å². The Morgan fingerprint density at radius 3 is 2.40 bits per heavy atom. The average molecular weight is 259 g/mol. The minimum atomic E-state index is -4.23. The Bertz CT molecular complexity index is 540. The van der Waals surface area contributed by atoms with Crippen LogP contribution in [0.1, 0.15) is 12.0 Å². The summed E-state index contributed by atoms with van der Waals surface area (Å²) in [5.74, 6) is 0. The maximum Gasteiger partial charge on any atom is 0.269 e. The Kier molecular flexibility index (Phi) is 3.12. The lowest BCUT2D eigenvalue weighted by Crippen LogP contribution is -2.20. The molecule has 3 N–H and O–H groups in total. The van der Waals surface area contributed by atoms with E-state index in [9.17, 15) is 22.0 Å². The fraction of sp³-hybridized carbons (Fsp3) is 0.167. The quantitative estimate of drug-likeness (QED) is 0.814. The summed E-state index contributed by atoms with van der Waals surface area (Å²) in [7, 11) is -4.23. The van der Waals surface area contributed by atoms with E-state index >= 15 is 0 Å². The zero-order chi connectivity index (χ0) is 11.8. The van der Waals surface area contributed by atoms with Crippen molar-refractivity contribution in [2.45, 2.75) is 11.5 Å². The molecule has 5 nitrogen and oxygen atoms in total. The van der Waals surface area contributed by atoms with E-state index < -0.39 is 37.5 Å². The predicted octanol–water partition coefficient (Wildman–Crippen LogP) is 0.613. The van der Waals surface area contributed by atoms with Crippen LogP contribution in [0.5, 0.6) is 0 Å². The van der Waals surface area contributed by atoms with E-state index in [1.54, 1.807) is 0 Å². The van der Waals surface area contributed by atoms with Crippen LogP contribution in [0.3, 0.4) is 0 Å². The second-order valence-electron chi connectivity index (χ2n) is 2.56. The van der Waals surface area contributed by atoms with E-state index in [0.717, 1.165) is 0 Å². The lowest BCUT2D eigenvalue weighted by Gasteiger charge is -2.03. The molecule has 1 rings (SSSR count). The van der Waals surface area contributed by atoms with E-state index in [0.29, 0.717) is 6.20 Å². The van der Waals surface area contributed by atoms with Gasteiger partial charge in [-0.1, -0.05) is 11.6 Å². The lowest BCUT2D eigenvalue weighted by atomic mass is 10.3. The summed E-state index contributed by atoms with van der Waals surface area (Å²) < 4.78 is 46.0. The Hall–Kier alpha value is -0.990. The molecule has 1 heterocycles. The third-order valence-corrected chi connectivity index (χ3v) is 2.90. The maximum atomic E-state index is 12.2. The summed E-state index contributed by atoms with van der Waals surface area (Å²) in [6, 6.07) is 0. The van der Waals surface area contributed by atoms with Gasteiger partial charge in [0.25, 0.3) is 16.4 Å². The fourth-order valence-electron chi connectivity index (χ4n) is 0.871. The molecule has 15 heavy (non-hydrogen) atoms. The monoisotopic (exact) mass is 258 g/mol. The van der Waals surface area contributed by atoms with Crippen LogP contribution in [0.4, 0.5) is 8.78 Å². The topological polar surface area (TPSA) is 93.0 Å². The van der Waals surface area contributed by atoms with Crippen LogP contribution in [0.15, 0.2) is 16.0 Å². The van der Waals surface area contributed by atoms with Crippen LogP contribution < -0.4 is 10.6 Å². The number of hydrogen-bond donors (Lipinski definition) is 2. The fourth-order valence-corrected chi connectivity index (χ4v) is 1.92. The molecule has 0 aliphatic carbocycles. The molecule has 1 aromatic heterocycles. The molecule has 0 radical (unpaired) electrons. The number of H-pyrrole nitrogens is 1. The van der Waals surface area contributed by atoms with Crippen LogP contribution in [0.25, 0.3) is 0 Å². The van der Waals surface area contributed by atoms with Gasteiger partial charge in [-0.15, -0.1) is 0 Å². The molecule has 0 saturated heterocycles. The smallest absolute Gasteiger partial charge is 0.269 e. The second-order valence-corrected chi connectivity index (χ2v) is 4.44. The molecule has 1 aromatic rings. The van der Waals surface area contributed by atoms with Crippen molar-refractivity contribution in [3.05, 3.63) is 27.0 Å². The predicted molar refractivity (Wildman–Crippen MR) is 48.4 cm³/mol. The number of primary sulfonamides is 1. The summed E-state index contributed by atoms with van der Waals surface area (Å²) >= 11 is 5.29. The van der Waals surface area contributed by atoms with Crippen molar-refractivity contribution in [2.24, 2.45) is 5.14 Å². The molecule has 84 valence electrons. The van der Waals surface area contributed by atoms with Crippen molar-refractivity contribution >= 4 is 21.6 Å². The third kappa shape index (κ3) is 2.33. The molecule has 0 spiro atoms. The largest absolute Gasteiger partial charge is 0.349 e. The highest BCUT2D eigenvalue weighted by Gasteiger charge is 2.21. The normalized spacial score (nSPS) is 12.1. The molecule has 0 bridgehead atoms. The van der Waals surface area contributed by atoms with E-state index in [-0.39, 0.29) is 0 Å². The summed E-state index contributed by atoms with van der Waals surface area (Å²) in [6.45, 7) is 0. The van der Waals surface area contributed by atoms with Crippen LogP contribution in [-0.2, 0) is 10.0 Å². The van der Waals surface area contributed by atoms with Crippen molar-refractivity contribution in [2.75, 3.05) is 0 Å². The number of rotatable bonds is 2. The molecule has 0 saturated carbocycles. The first-order chi connectivity index (χ1) is 6.75. The molecule has 0 aromatic carbocycles. The SMILES string of the molecule is NS(=O)(=O)c1[nH]cc(C(F)F)c(=O)c1Cl. The van der Waals surface area contributed by atoms with Crippen molar-refractivity contribution in [3.63, 3.8) is 0 Å². The van der Waals surface area contributed by atoms with Crippen molar-refractivity contribution in [1.29, 1.82) is 0 Å². The van der Waals surface area contributed by atoms with Gasteiger partial charge in [0, 0.05) is 6.20 Å². The van der Waals surface area contributed by atoms with E-state index in [4.69, 9.17) is 11.6 Å². The summed E-state index contributed by atoms with van der Waals surface area (Å²) in [4.78, 5) is 13.1. The number of aromatic nitrogens is 1. The Balaban J connectivity index is 3.56. The minimum absolute atomic E-state index is 0.568. The number of pyridine rings is 1. The number of nitrogens with one attached hydrogen (secondary N) is 1. The zero-order valence-electron chi connectivity index (χ0n) is 7.00. The van der Waals surface area contributed by atoms with Crippen LogP contribution >= 0.6 is 11.6 Å². The van der Waals surface area contributed by atoms with Gasteiger partial charge in [-0.3, -0.25) is 4.79 Å². The molecule has 0 unspecified atom stereocenters. The van der Waals surface area contributed by atoms with Crippen LogP contribution in [0, 0.1) is 0 Å². The number of sulfonamides is 1. The highest BCUT2D eigenvalue weighted by atomic mass is 35.5. The summed E-state index contributed by atoms with van der Waals surface area (Å²) in [6.07, 6.45) is -2.47. The third-order valence-electron chi connectivity index (χ3n) is 1.54. The van der Waals surface area contributed by atoms with Crippen molar-refractivity contribution in [3.8, 4) is 0 Å². The van der Waals surface area contributed by atoms with Crippen LogP contribution in [0.2, 0.25) is 5.02 Å². The first kappa shape index (κ1) is 12.1. The maximum absolute atomic E-state index is 12.2. The van der Waals surface area contributed by atoms with Crippen molar-refractivity contribution in [1.82, 2.24) is 4.98 Å². The second kappa shape index (κ2) is 3.87. The molecular weight excluding hydrogens is 254 g/mol. The highest BCUT2D eigenvalue weighted by Crippen LogP contribution is 2.19. The van der Waals surface area contributed by atoms with E-state index in [2.05, 4.69) is 5.14 Å².